The molecular formula is C19H9Cl2NO4. The average Bonchev–Trinajstić information content (AvgIpc) is 3.00. The summed E-state index contributed by atoms with van der Waals surface area (Å²) in [6, 6.07) is 11.6. The Hall–Kier alpha value is -2.89. The van der Waals surface area contributed by atoms with Gasteiger partial charge in [-0.3, -0.25) is 4.79 Å². The molecule has 0 fully saturated rings. The minimum atomic E-state index is -0.668. The Morgan fingerprint density at radius 1 is 1.00 bits per heavy atom. The molecular weight excluding hydrogens is 377 g/mol. The van der Waals surface area contributed by atoms with E-state index in [9.17, 15) is 9.59 Å². The Morgan fingerprint density at radius 3 is 2.62 bits per heavy atom. The molecule has 4 rings (SSSR count). The zero-order valence-corrected chi connectivity index (χ0v) is 14.5. The number of aliphatic imine (C=N–C) groups is 1. The van der Waals surface area contributed by atoms with Crippen LogP contribution in [0.3, 0.4) is 0 Å². The van der Waals surface area contributed by atoms with E-state index < -0.39 is 5.97 Å². The standard InChI is InChI=1S/C19H9Cl2NO4/c20-13-6-5-10(7-14(13)21)18-22-15(19(24)26-18)8-11-9-25-16-4-2-1-3-12(16)17(11)23/h1-9H. The van der Waals surface area contributed by atoms with Crippen molar-refractivity contribution < 1.29 is 13.9 Å². The number of benzene rings is 2. The summed E-state index contributed by atoms with van der Waals surface area (Å²) < 4.78 is 10.6. The first kappa shape index (κ1) is 16.6. The molecule has 1 aromatic heterocycles. The lowest BCUT2D eigenvalue weighted by Gasteiger charge is -2.01. The number of fused-ring (bicyclic) bond motifs is 1. The summed E-state index contributed by atoms with van der Waals surface area (Å²) in [4.78, 5) is 28.8. The fourth-order valence-electron chi connectivity index (χ4n) is 2.50. The van der Waals surface area contributed by atoms with E-state index in [1.54, 1.807) is 42.5 Å². The molecule has 0 aliphatic carbocycles. The summed E-state index contributed by atoms with van der Waals surface area (Å²) in [6.07, 6.45) is 2.63. The monoisotopic (exact) mass is 385 g/mol. The maximum atomic E-state index is 12.5. The number of nitrogens with zero attached hydrogens (tertiary/aromatic N) is 1. The first-order chi connectivity index (χ1) is 12.5. The first-order valence-electron chi connectivity index (χ1n) is 7.51. The van der Waals surface area contributed by atoms with E-state index in [1.807, 2.05) is 0 Å². The molecule has 0 spiro atoms. The van der Waals surface area contributed by atoms with Crippen molar-refractivity contribution in [3.05, 3.63) is 85.8 Å². The van der Waals surface area contributed by atoms with Gasteiger partial charge in [0.05, 0.1) is 21.0 Å². The van der Waals surface area contributed by atoms with E-state index in [-0.39, 0.29) is 22.6 Å². The Morgan fingerprint density at radius 2 is 1.81 bits per heavy atom. The number of carbonyl (C=O) groups is 1. The van der Waals surface area contributed by atoms with Crippen molar-refractivity contribution in [2.24, 2.45) is 4.99 Å². The van der Waals surface area contributed by atoms with Gasteiger partial charge in [-0.05, 0) is 36.4 Å². The topological polar surface area (TPSA) is 68.9 Å². The number of halogens is 2. The number of hydrogen-bond acceptors (Lipinski definition) is 5. The molecule has 2 aromatic carbocycles. The maximum absolute atomic E-state index is 12.5. The molecule has 0 saturated heterocycles. The predicted molar refractivity (Wildman–Crippen MR) is 99.6 cm³/mol. The lowest BCUT2D eigenvalue weighted by Crippen LogP contribution is -2.07. The van der Waals surface area contributed by atoms with Crippen molar-refractivity contribution in [3.63, 3.8) is 0 Å². The smallest absolute Gasteiger partial charge is 0.363 e. The zero-order valence-electron chi connectivity index (χ0n) is 13.0. The second-order valence-corrected chi connectivity index (χ2v) is 6.30. The van der Waals surface area contributed by atoms with Gasteiger partial charge in [-0.15, -0.1) is 0 Å². The van der Waals surface area contributed by atoms with Crippen LogP contribution in [0.25, 0.3) is 17.0 Å². The van der Waals surface area contributed by atoms with E-state index in [4.69, 9.17) is 32.4 Å². The van der Waals surface area contributed by atoms with Crippen LogP contribution in [0, 0.1) is 0 Å². The van der Waals surface area contributed by atoms with E-state index in [2.05, 4.69) is 4.99 Å². The van der Waals surface area contributed by atoms with Gasteiger partial charge in [-0.25, -0.2) is 9.79 Å². The van der Waals surface area contributed by atoms with Crippen molar-refractivity contribution in [1.82, 2.24) is 0 Å². The molecule has 5 nitrogen and oxygen atoms in total. The van der Waals surface area contributed by atoms with Crippen molar-refractivity contribution in [1.29, 1.82) is 0 Å². The quantitative estimate of drug-likeness (QED) is 0.482. The number of rotatable bonds is 2. The van der Waals surface area contributed by atoms with E-state index in [1.165, 1.54) is 12.3 Å². The Labute approximate surface area is 157 Å². The van der Waals surface area contributed by atoms with E-state index in [0.717, 1.165) is 0 Å². The van der Waals surface area contributed by atoms with Crippen LogP contribution in [-0.2, 0) is 9.53 Å². The molecule has 0 N–H and O–H groups in total. The summed E-state index contributed by atoms with van der Waals surface area (Å²) in [5, 5.41) is 1.11. The van der Waals surface area contributed by atoms with Crippen LogP contribution in [0.1, 0.15) is 11.1 Å². The molecule has 0 unspecified atom stereocenters. The molecule has 0 atom stereocenters. The fourth-order valence-corrected chi connectivity index (χ4v) is 2.80. The summed E-state index contributed by atoms with van der Waals surface area (Å²) in [5.74, 6) is -0.580. The zero-order chi connectivity index (χ0) is 18.3. The molecule has 0 amide bonds. The molecule has 0 saturated carbocycles. The number of cyclic esters (lactones) is 1. The molecule has 0 radical (unpaired) electrons. The van der Waals surface area contributed by atoms with Gasteiger partial charge in [0, 0.05) is 5.56 Å². The van der Waals surface area contributed by atoms with Crippen LogP contribution in [0.15, 0.2) is 68.6 Å². The van der Waals surface area contributed by atoms with Crippen molar-refractivity contribution >= 4 is 52.1 Å². The average molecular weight is 386 g/mol. The van der Waals surface area contributed by atoms with Crippen molar-refractivity contribution in [2.75, 3.05) is 0 Å². The lowest BCUT2D eigenvalue weighted by atomic mass is 10.1. The number of ether oxygens (including phenoxy) is 1. The fraction of sp³-hybridized carbons (Fsp3) is 0. The molecule has 26 heavy (non-hydrogen) atoms. The molecule has 3 aromatic rings. The largest absolute Gasteiger partial charge is 0.463 e. The Balaban J connectivity index is 1.77. The summed E-state index contributed by atoms with van der Waals surface area (Å²) in [7, 11) is 0. The van der Waals surface area contributed by atoms with Gasteiger partial charge in [0.15, 0.2) is 11.1 Å². The predicted octanol–water partition coefficient (Wildman–Crippen LogP) is 4.44. The van der Waals surface area contributed by atoms with Crippen molar-refractivity contribution in [2.45, 2.75) is 0 Å². The summed E-state index contributed by atoms with van der Waals surface area (Å²) >= 11 is 11.9. The maximum Gasteiger partial charge on any atom is 0.363 e. The third-order valence-electron chi connectivity index (χ3n) is 3.79. The highest BCUT2D eigenvalue weighted by Gasteiger charge is 2.25. The SMILES string of the molecule is O=C1OC(c2ccc(Cl)c(Cl)c2)=NC1=Cc1coc2ccccc2c1=O. The summed E-state index contributed by atoms with van der Waals surface area (Å²) in [5.41, 5.74) is 0.907. The van der Waals surface area contributed by atoms with Gasteiger partial charge < -0.3 is 9.15 Å². The molecule has 2 heterocycles. The highest BCUT2D eigenvalue weighted by molar-refractivity contribution is 6.42. The van der Waals surface area contributed by atoms with Crippen LogP contribution < -0.4 is 5.43 Å². The Kier molecular flexibility index (Phi) is 4.11. The lowest BCUT2D eigenvalue weighted by molar-refractivity contribution is -0.129. The molecule has 7 heteroatoms. The number of esters is 1. The van der Waals surface area contributed by atoms with Crippen LogP contribution in [0.2, 0.25) is 10.0 Å². The minimum Gasteiger partial charge on any atom is -0.463 e. The Bertz CT molecular complexity index is 1180. The van der Waals surface area contributed by atoms with Crippen LogP contribution in [0.4, 0.5) is 0 Å². The second kappa shape index (κ2) is 6.44. The number of para-hydroxylation sites is 1. The van der Waals surface area contributed by atoms with E-state index in [0.29, 0.717) is 26.6 Å². The van der Waals surface area contributed by atoms with Gasteiger partial charge >= 0.3 is 5.97 Å². The molecule has 0 bridgehead atoms. The highest BCUT2D eigenvalue weighted by atomic mass is 35.5. The van der Waals surface area contributed by atoms with Crippen LogP contribution in [0.5, 0.6) is 0 Å². The van der Waals surface area contributed by atoms with Gasteiger partial charge in [0.25, 0.3) is 0 Å². The summed E-state index contributed by atoms with van der Waals surface area (Å²) in [6.45, 7) is 0. The minimum absolute atomic E-state index is 0.00588. The highest BCUT2D eigenvalue weighted by Crippen LogP contribution is 2.25. The number of hydrogen-bond donors (Lipinski definition) is 0. The third kappa shape index (κ3) is 2.92. The van der Waals surface area contributed by atoms with Crippen LogP contribution in [-0.4, -0.2) is 11.9 Å². The second-order valence-electron chi connectivity index (χ2n) is 5.48. The third-order valence-corrected chi connectivity index (χ3v) is 4.53. The van der Waals surface area contributed by atoms with Gasteiger partial charge in [0.2, 0.25) is 5.90 Å². The first-order valence-corrected chi connectivity index (χ1v) is 8.27. The van der Waals surface area contributed by atoms with Gasteiger partial charge in [-0.1, -0.05) is 35.3 Å². The molecule has 128 valence electrons. The number of carbonyl (C=O) groups excluding carboxylic acids is 1. The van der Waals surface area contributed by atoms with Gasteiger partial charge in [0.1, 0.15) is 11.8 Å². The normalized spacial score (nSPS) is 15.4. The van der Waals surface area contributed by atoms with Crippen molar-refractivity contribution in [3.8, 4) is 0 Å². The van der Waals surface area contributed by atoms with E-state index >= 15 is 0 Å². The van der Waals surface area contributed by atoms with Crippen LogP contribution >= 0.6 is 23.2 Å². The molecule has 1 aliphatic heterocycles. The van der Waals surface area contributed by atoms with Gasteiger partial charge in [-0.2, -0.15) is 0 Å². The molecule has 1 aliphatic rings.